The highest BCUT2D eigenvalue weighted by molar-refractivity contribution is 4.72. The normalized spacial score (nSPS) is 43.7. The Morgan fingerprint density at radius 3 is 2.56 bits per heavy atom. The first kappa shape index (κ1) is 7.03. The van der Waals surface area contributed by atoms with Gasteiger partial charge >= 0.3 is 0 Å². The molecule has 1 rings (SSSR count). The van der Waals surface area contributed by atoms with Crippen LogP contribution in [0, 0.1) is 5.92 Å². The molecule has 1 unspecified atom stereocenters. The Bertz CT molecular complexity index is 92.9. The summed E-state index contributed by atoms with van der Waals surface area (Å²) in [5, 5.41) is 8.98. The first-order chi connectivity index (χ1) is 4.24. The molecule has 1 heterocycles. The number of aliphatic hydroxyl groups excluding tert-OH is 1. The molecule has 0 bridgehead atoms. The number of hydrogen-bond donors (Lipinski definition) is 1. The van der Waals surface area contributed by atoms with Crippen molar-refractivity contribution in [3.63, 3.8) is 0 Å². The van der Waals surface area contributed by atoms with Crippen LogP contribution in [0.1, 0.15) is 26.7 Å². The molecule has 0 aromatic heterocycles. The molecule has 2 heteroatoms. The molecule has 3 atom stereocenters. The first-order valence-corrected chi connectivity index (χ1v) is 3.57. The van der Waals surface area contributed by atoms with Gasteiger partial charge in [0.2, 0.25) is 0 Å². The number of hydrogen-bond acceptors (Lipinski definition) is 2. The maximum Gasteiger partial charge on any atom is 0.155 e. The van der Waals surface area contributed by atoms with Crippen LogP contribution in [-0.4, -0.2) is 17.5 Å². The molecule has 2 nitrogen and oxygen atoms in total. The molecule has 0 spiro atoms. The van der Waals surface area contributed by atoms with Crippen molar-refractivity contribution in [1.82, 2.24) is 0 Å². The predicted molar refractivity (Wildman–Crippen MR) is 35.0 cm³/mol. The van der Waals surface area contributed by atoms with Gasteiger partial charge in [-0.15, -0.1) is 0 Å². The van der Waals surface area contributed by atoms with Crippen LogP contribution in [0.15, 0.2) is 0 Å². The monoisotopic (exact) mass is 130 g/mol. The molecule has 0 aliphatic carbocycles. The van der Waals surface area contributed by atoms with E-state index in [-0.39, 0.29) is 0 Å². The third kappa shape index (κ3) is 1.43. The lowest BCUT2D eigenvalue weighted by atomic mass is 10.0. The first-order valence-electron chi connectivity index (χ1n) is 3.57. The van der Waals surface area contributed by atoms with Gasteiger partial charge in [-0.1, -0.05) is 13.8 Å². The second-order valence-corrected chi connectivity index (χ2v) is 2.75. The van der Waals surface area contributed by atoms with Gasteiger partial charge in [0, 0.05) is 6.42 Å². The van der Waals surface area contributed by atoms with Gasteiger partial charge < -0.3 is 9.84 Å². The van der Waals surface area contributed by atoms with E-state index in [0.717, 1.165) is 12.8 Å². The van der Waals surface area contributed by atoms with Crippen LogP contribution in [0.2, 0.25) is 0 Å². The molecular weight excluding hydrogens is 116 g/mol. The summed E-state index contributed by atoms with van der Waals surface area (Å²) in [6.07, 6.45) is 1.61. The van der Waals surface area contributed by atoms with Crippen molar-refractivity contribution in [3.8, 4) is 0 Å². The van der Waals surface area contributed by atoms with Gasteiger partial charge in [0.15, 0.2) is 6.29 Å². The largest absolute Gasteiger partial charge is 0.368 e. The minimum absolute atomic E-state index is 0.292. The van der Waals surface area contributed by atoms with E-state index in [9.17, 15) is 0 Å². The van der Waals surface area contributed by atoms with E-state index in [1.165, 1.54) is 0 Å². The molecule has 9 heavy (non-hydrogen) atoms. The van der Waals surface area contributed by atoms with Crippen molar-refractivity contribution < 1.29 is 9.84 Å². The molecule has 1 fully saturated rings. The third-order valence-electron chi connectivity index (χ3n) is 1.94. The van der Waals surface area contributed by atoms with E-state index in [2.05, 4.69) is 13.8 Å². The summed E-state index contributed by atoms with van der Waals surface area (Å²) >= 11 is 0. The zero-order valence-corrected chi connectivity index (χ0v) is 6.00. The summed E-state index contributed by atoms with van der Waals surface area (Å²) in [7, 11) is 0. The molecule has 0 aromatic carbocycles. The molecule has 54 valence electrons. The number of rotatable bonds is 1. The van der Waals surface area contributed by atoms with Crippen molar-refractivity contribution in [2.24, 2.45) is 5.92 Å². The van der Waals surface area contributed by atoms with E-state index in [0.29, 0.717) is 12.0 Å². The molecule has 1 saturated heterocycles. The van der Waals surface area contributed by atoms with Gasteiger partial charge in [0.1, 0.15) is 0 Å². The summed E-state index contributed by atoms with van der Waals surface area (Å²) < 4.78 is 5.18. The third-order valence-corrected chi connectivity index (χ3v) is 1.94. The van der Waals surface area contributed by atoms with Crippen molar-refractivity contribution in [3.05, 3.63) is 0 Å². The highest BCUT2D eigenvalue weighted by atomic mass is 16.6. The minimum atomic E-state index is -0.495. The van der Waals surface area contributed by atoms with Crippen LogP contribution in [0.4, 0.5) is 0 Å². The molecule has 0 amide bonds. The Balaban J connectivity index is 2.38. The van der Waals surface area contributed by atoms with Crippen LogP contribution in [0.25, 0.3) is 0 Å². The van der Waals surface area contributed by atoms with E-state index >= 15 is 0 Å². The molecule has 0 saturated carbocycles. The Morgan fingerprint density at radius 2 is 2.33 bits per heavy atom. The molecule has 0 aromatic rings. The van der Waals surface area contributed by atoms with E-state index in [1.54, 1.807) is 0 Å². The van der Waals surface area contributed by atoms with Crippen molar-refractivity contribution >= 4 is 0 Å². The standard InChI is InChI=1S/C7H14O2/c1-3-6-5(2)4-7(8)9-6/h5-8H,3-4H2,1-2H3/t5-,6+,7?/m0/s1. The van der Waals surface area contributed by atoms with E-state index < -0.39 is 6.29 Å². The van der Waals surface area contributed by atoms with Crippen LogP contribution < -0.4 is 0 Å². The minimum Gasteiger partial charge on any atom is -0.368 e. The van der Waals surface area contributed by atoms with Gasteiger partial charge in [-0.25, -0.2) is 0 Å². The lowest BCUT2D eigenvalue weighted by Gasteiger charge is -2.09. The molecule has 1 N–H and O–H groups in total. The fraction of sp³-hybridized carbons (Fsp3) is 1.00. The van der Waals surface area contributed by atoms with Gasteiger partial charge in [0.05, 0.1) is 6.10 Å². The lowest BCUT2D eigenvalue weighted by Crippen LogP contribution is -2.12. The Morgan fingerprint density at radius 1 is 1.67 bits per heavy atom. The maximum absolute atomic E-state index is 8.98. The van der Waals surface area contributed by atoms with Crippen molar-refractivity contribution in [2.45, 2.75) is 39.1 Å². The Labute approximate surface area is 55.8 Å². The second-order valence-electron chi connectivity index (χ2n) is 2.75. The smallest absolute Gasteiger partial charge is 0.155 e. The Kier molecular flexibility index (Phi) is 2.09. The fourth-order valence-corrected chi connectivity index (χ4v) is 1.36. The van der Waals surface area contributed by atoms with Gasteiger partial charge in [0.25, 0.3) is 0 Å². The van der Waals surface area contributed by atoms with E-state index in [4.69, 9.17) is 9.84 Å². The second kappa shape index (κ2) is 2.67. The van der Waals surface area contributed by atoms with Crippen molar-refractivity contribution in [2.75, 3.05) is 0 Å². The van der Waals surface area contributed by atoms with Gasteiger partial charge in [-0.05, 0) is 12.3 Å². The summed E-state index contributed by atoms with van der Waals surface area (Å²) in [4.78, 5) is 0. The summed E-state index contributed by atoms with van der Waals surface area (Å²) in [5.41, 5.74) is 0. The maximum atomic E-state index is 8.98. The van der Waals surface area contributed by atoms with E-state index in [1.807, 2.05) is 0 Å². The topological polar surface area (TPSA) is 29.5 Å². The van der Waals surface area contributed by atoms with Crippen LogP contribution in [0.5, 0.6) is 0 Å². The number of ether oxygens (including phenoxy) is 1. The zero-order valence-electron chi connectivity index (χ0n) is 6.00. The summed E-state index contributed by atoms with van der Waals surface area (Å²) in [6, 6.07) is 0. The number of aliphatic hydroxyl groups is 1. The van der Waals surface area contributed by atoms with Crippen LogP contribution in [0.3, 0.4) is 0 Å². The average Bonchev–Trinajstić information content (AvgIpc) is 2.10. The average molecular weight is 130 g/mol. The molecule has 1 aliphatic rings. The lowest BCUT2D eigenvalue weighted by molar-refractivity contribution is -0.0921. The molecule has 0 radical (unpaired) electrons. The highest BCUT2D eigenvalue weighted by Crippen LogP contribution is 2.26. The molecule has 1 aliphatic heterocycles. The SMILES string of the molecule is CC[C@H]1OC(O)C[C@@H]1C. The zero-order chi connectivity index (χ0) is 6.85. The predicted octanol–water partition coefficient (Wildman–Crippen LogP) is 1.14. The fourth-order valence-electron chi connectivity index (χ4n) is 1.36. The quantitative estimate of drug-likeness (QED) is 0.576. The highest BCUT2D eigenvalue weighted by Gasteiger charge is 2.28. The van der Waals surface area contributed by atoms with Crippen LogP contribution in [-0.2, 0) is 4.74 Å². The molecular formula is C7H14O2. The Hall–Kier alpha value is -0.0800. The van der Waals surface area contributed by atoms with Gasteiger partial charge in [-0.2, -0.15) is 0 Å². The van der Waals surface area contributed by atoms with Gasteiger partial charge in [-0.3, -0.25) is 0 Å². The van der Waals surface area contributed by atoms with Crippen LogP contribution >= 0.6 is 0 Å². The van der Waals surface area contributed by atoms with Crippen molar-refractivity contribution in [1.29, 1.82) is 0 Å². The summed E-state index contributed by atoms with van der Waals surface area (Å²) in [6.45, 7) is 4.20. The summed E-state index contributed by atoms with van der Waals surface area (Å²) in [5.74, 6) is 0.532.